The van der Waals surface area contributed by atoms with E-state index in [1.54, 1.807) is 18.2 Å². The smallest absolute Gasteiger partial charge is 0.191 e. The van der Waals surface area contributed by atoms with Crippen molar-refractivity contribution in [3.8, 4) is 0 Å². The van der Waals surface area contributed by atoms with Gasteiger partial charge in [0.2, 0.25) is 0 Å². The van der Waals surface area contributed by atoms with Crippen molar-refractivity contribution in [2.45, 2.75) is 32.8 Å². The highest BCUT2D eigenvalue weighted by atomic mass is 127. The zero-order valence-corrected chi connectivity index (χ0v) is 18.6. The van der Waals surface area contributed by atoms with Crippen LogP contribution in [0.1, 0.15) is 38.4 Å². The molecule has 0 saturated carbocycles. The van der Waals surface area contributed by atoms with E-state index in [9.17, 15) is 5.11 Å². The van der Waals surface area contributed by atoms with Gasteiger partial charge >= 0.3 is 0 Å². The van der Waals surface area contributed by atoms with E-state index in [0.717, 1.165) is 39.1 Å². The van der Waals surface area contributed by atoms with Crippen molar-refractivity contribution in [3.05, 3.63) is 33.8 Å². The Morgan fingerprint density at radius 1 is 1.16 bits per heavy atom. The average molecular weight is 504 g/mol. The van der Waals surface area contributed by atoms with Crippen LogP contribution in [-0.2, 0) is 4.74 Å². The first kappa shape index (κ1) is 24.7. The Kier molecular flexibility index (Phi) is 14.7. The fourth-order valence-electron chi connectivity index (χ4n) is 2.07. The molecule has 0 saturated heterocycles. The predicted octanol–water partition coefficient (Wildman–Crippen LogP) is 4.02. The van der Waals surface area contributed by atoms with Crippen molar-refractivity contribution in [1.29, 1.82) is 0 Å². The van der Waals surface area contributed by atoms with Crippen LogP contribution in [0, 0.1) is 0 Å². The minimum absolute atomic E-state index is 0. The average Bonchev–Trinajstić information content (AvgIpc) is 2.54. The van der Waals surface area contributed by atoms with Gasteiger partial charge in [-0.3, -0.25) is 4.99 Å². The first-order valence-electron chi connectivity index (χ1n) is 8.30. The summed E-state index contributed by atoms with van der Waals surface area (Å²) in [5.41, 5.74) is 0.656. The lowest BCUT2D eigenvalue weighted by molar-refractivity contribution is 0.143. The Morgan fingerprint density at radius 3 is 2.44 bits per heavy atom. The first-order chi connectivity index (χ1) is 11.6. The van der Waals surface area contributed by atoms with Gasteiger partial charge in [0.15, 0.2) is 5.96 Å². The highest BCUT2D eigenvalue weighted by Crippen LogP contribution is 2.23. The quantitative estimate of drug-likeness (QED) is 0.195. The van der Waals surface area contributed by atoms with E-state index in [0.29, 0.717) is 21.6 Å². The second-order valence-corrected chi connectivity index (χ2v) is 6.14. The second-order valence-electron chi connectivity index (χ2n) is 5.27. The van der Waals surface area contributed by atoms with Gasteiger partial charge in [-0.15, -0.1) is 24.0 Å². The van der Waals surface area contributed by atoms with Crippen LogP contribution in [0.2, 0.25) is 10.0 Å². The van der Waals surface area contributed by atoms with Gasteiger partial charge < -0.3 is 20.5 Å². The minimum Gasteiger partial charge on any atom is -0.386 e. The number of hydrogen-bond donors (Lipinski definition) is 3. The van der Waals surface area contributed by atoms with Crippen LogP contribution in [0.25, 0.3) is 0 Å². The number of ether oxygens (including phenoxy) is 1. The third kappa shape index (κ3) is 11.1. The molecule has 1 rings (SSSR count). The fraction of sp³-hybridized carbons (Fsp3) is 0.588. The molecule has 0 heterocycles. The van der Waals surface area contributed by atoms with Gasteiger partial charge in [-0.2, -0.15) is 0 Å². The van der Waals surface area contributed by atoms with Gasteiger partial charge in [0.25, 0.3) is 0 Å². The lowest BCUT2D eigenvalue weighted by Crippen LogP contribution is -2.38. The Labute approximate surface area is 177 Å². The molecule has 0 amide bonds. The summed E-state index contributed by atoms with van der Waals surface area (Å²) in [5.74, 6) is 0.682. The number of rotatable bonds is 10. The summed E-state index contributed by atoms with van der Waals surface area (Å²) in [6.45, 7) is 7.31. The number of guanidine groups is 1. The van der Waals surface area contributed by atoms with Crippen molar-refractivity contribution in [1.82, 2.24) is 10.6 Å². The number of aliphatic imine (C=N–C) groups is 1. The molecule has 0 fully saturated rings. The molecular weight excluding hydrogens is 476 g/mol. The Balaban J connectivity index is 0.00000576. The molecule has 1 aromatic carbocycles. The van der Waals surface area contributed by atoms with Crippen LogP contribution >= 0.6 is 47.2 Å². The van der Waals surface area contributed by atoms with E-state index in [4.69, 9.17) is 27.9 Å². The van der Waals surface area contributed by atoms with Crippen LogP contribution in [-0.4, -0.2) is 43.9 Å². The number of unbranched alkanes of at least 4 members (excludes halogenated alkanes) is 1. The summed E-state index contributed by atoms with van der Waals surface area (Å²) in [5, 5.41) is 17.7. The summed E-state index contributed by atoms with van der Waals surface area (Å²) in [7, 11) is 0. The molecule has 0 spiro atoms. The third-order valence-corrected chi connectivity index (χ3v) is 3.68. The van der Waals surface area contributed by atoms with Crippen molar-refractivity contribution in [3.63, 3.8) is 0 Å². The summed E-state index contributed by atoms with van der Waals surface area (Å²) < 4.78 is 5.31. The molecule has 0 aliphatic rings. The van der Waals surface area contributed by atoms with E-state index in [1.165, 1.54) is 0 Å². The topological polar surface area (TPSA) is 65.9 Å². The Hall–Kier alpha value is -0.280. The van der Waals surface area contributed by atoms with Crippen molar-refractivity contribution >= 4 is 53.1 Å². The van der Waals surface area contributed by atoms with Gasteiger partial charge in [0.1, 0.15) is 0 Å². The number of nitrogens with one attached hydrogen (secondary N) is 2. The molecule has 25 heavy (non-hydrogen) atoms. The largest absolute Gasteiger partial charge is 0.386 e. The molecule has 3 N–H and O–H groups in total. The van der Waals surface area contributed by atoms with E-state index in [2.05, 4.69) is 15.6 Å². The van der Waals surface area contributed by atoms with Crippen LogP contribution in [0.3, 0.4) is 0 Å². The molecule has 1 aromatic rings. The summed E-state index contributed by atoms with van der Waals surface area (Å²) in [6.07, 6.45) is 1.25. The SMILES string of the molecule is CCNC(=NCC(O)c1cc(Cl)cc(Cl)c1)NCCCCOCC.I. The molecular formula is C17H28Cl2IN3O2. The highest BCUT2D eigenvalue weighted by Gasteiger charge is 2.09. The van der Waals surface area contributed by atoms with Gasteiger partial charge in [0.05, 0.1) is 12.6 Å². The molecule has 1 atom stereocenters. The molecule has 8 heteroatoms. The molecule has 144 valence electrons. The van der Waals surface area contributed by atoms with Crippen LogP contribution in [0.15, 0.2) is 23.2 Å². The van der Waals surface area contributed by atoms with Crippen molar-refractivity contribution in [2.75, 3.05) is 32.8 Å². The summed E-state index contributed by atoms with van der Waals surface area (Å²) in [4.78, 5) is 4.41. The van der Waals surface area contributed by atoms with Crippen LogP contribution in [0.4, 0.5) is 0 Å². The monoisotopic (exact) mass is 503 g/mol. The maximum absolute atomic E-state index is 10.3. The lowest BCUT2D eigenvalue weighted by Gasteiger charge is -2.14. The van der Waals surface area contributed by atoms with Gasteiger partial charge in [-0.05, 0) is 50.5 Å². The number of halogens is 3. The maximum atomic E-state index is 10.3. The third-order valence-electron chi connectivity index (χ3n) is 3.25. The standard InChI is InChI=1S/C17H27Cl2N3O2.HI/c1-3-20-17(21-7-5-6-8-24-4-2)22-12-16(23)13-9-14(18)11-15(19)10-13;/h9-11,16,23H,3-8,12H2,1-2H3,(H2,20,21,22);1H. The van der Waals surface area contributed by atoms with Gasteiger partial charge in [-0.1, -0.05) is 23.2 Å². The number of benzene rings is 1. The van der Waals surface area contributed by atoms with E-state index >= 15 is 0 Å². The zero-order chi connectivity index (χ0) is 17.8. The normalized spacial score (nSPS) is 12.4. The molecule has 0 radical (unpaired) electrons. The lowest BCUT2D eigenvalue weighted by atomic mass is 10.1. The van der Waals surface area contributed by atoms with E-state index in [1.807, 2.05) is 13.8 Å². The molecule has 0 bridgehead atoms. The van der Waals surface area contributed by atoms with E-state index < -0.39 is 6.10 Å². The van der Waals surface area contributed by atoms with Crippen molar-refractivity contribution in [2.24, 2.45) is 4.99 Å². The number of hydrogen-bond acceptors (Lipinski definition) is 3. The summed E-state index contributed by atoms with van der Waals surface area (Å²) >= 11 is 11.9. The maximum Gasteiger partial charge on any atom is 0.191 e. The zero-order valence-electron chi connectivity index (χ0n) is 14.7. The minimum atomic E-state index is -0.755. The molecule has 0 aliphatic heterocycles. The molecule has 0 aliphatic carbocycles. The van der Waals surface area contributed by atoms with Crippen LogP contribution in [0.5, 0.6) is 0 Å². The Morgan fingerprint density at radius 2 is 1.84 bits per heavy atom. The molecule has 5 nitrogen and oxygen atoms in total. The highest BCUT2D eigenvalue weighted by molar-refractivity contribution is 14.0. The number of aliphatic hydroxyl groups excluding tert-OH is 1. The van der Waals surface area contributed by atoms with Gasteiger partial charge in [0, 0.05) is 36.3 Å². The Bertz CT molecular complexity index is 498. The summed E-state index contributed by atoms with van der Waals surface area (Å²) in [6, 6.07) is 5.03. The van der Waals surface area contributed by atoms with E-state index in [-0.39, 0.29) is 30.5 Å². The van der Waals surface area contributed by atoms with Crippen molar-refractivity contribution < 1.29 is 9.84 Å². The number of nitrogens with zero attached hydrogens (tertiary/aromatic N) is 1. The first-order valence-corrected chi connectivity index (χ1v) is 9.06. The molecule has 0 aromatic heterocycles. The second kappa shape index (κ2) is 14.8. The predicted molar refractivity (Wildman–Crippen MR) is 117 cm³/mol. The van der Waals surface area contributed by atoms with Crippen LogP contribution < -0.4 is 10.6 Å². The molecule has 1 unspecified atom stereocenters. The fourth-order valence-corrected chi connectivity index (χ4v) is 2.62. The van der Waals surface area contributed by atoms with Gasteiger partial charge in [-0.25, -0.2) is 0 Å². The number of aliphatic hydroxyl groups is 1.